The van der Waals surface area contributed by atoms with Crippen LogP contribution in [0.1, 0.15) is 21.7 Å². The zero-order valence-electron chi connectivity index (χ0n) is 13.2. The van der Waals surface area contributed by atoms with Crippen molar-refractivity contribution in [2.45, 2.75) is 6.92 Å². The van der Waals surface area contributed by atoms with Crippen LogP contribution in [0, 0.1) is 6.92 Å². The lowest BCUT2D eigenvalue weighted by molar-refractivity contribution is 0.0697. The summed E-state index contributed by atoms with van der Waals surface area (Å²) in [5.41, 5.74) is 1.76. The van der Waals surface area contributed by atoms with Gasteiger partial charge in [0.1, 0.15) is 5.76 Å². The number of halogens is 1. The molecule has 1 aliphatic heterocycles. The number of carbonyl (C=O) groups is 1. The number of morpholine rings is 1. The third-order valence-corrected chi connectivity index (χ3v) is 4.33. The lowest BCUT2D eigenvalue weighted by atomic mass is 10.1. The number of benzene rings is 1. The average molecular weight is 393 g/mol. The molecule has 24 heavy (non-hydrogen) atoms. The summed E-state index contributed by atoms with van der Waals surface area (Å²) in [7, 11) is 0. The fourth-order valence-electron chi connectivity index (χ4n) is 2.49. The quantitative estimate of drug-likeness (QED) is 0.803. The molecular weight excluding hydrogens is 376 g/mol. The van der Waals surface area contributed by atoms with Gasteiger partial charge in [0, 0.05) is 19.2 Å². The van der Waals surface area contributed by atoms with Crippen LogP contribution in [-0.2, 0) is 4.74 Å². The number of aryl methyl sites for hydroxylation is 1. The summed E-state index contributed by atoms with van der Waals surface area (Å²) in [5.74, 6) is 0.460. The number of carboxylic acid groups (broad SMARTS) is 1. The molecule has 1 aromatic heterocycles. The van der Waals surface area contributed by atoms with Gasteiger partial charge in [-0.3, -0.25) is 4.99 Å². The Morgan fingerprint density at radius 3 is 2.75 bits per heavy atom. The summed E-state index contributed by atoms with van der Waals surface area (Å²) < 4.78 is 12.1. The molecule has 1 aliphatic rings. The Labute approximate surface area is 147 Å². The molecule has 2 aromatic rings. The predicted molar refractivity (Wildman–Crippen MR) is 94.8 cm³/mol. The molecule has 0 radical (unpaired) electrons. The maximum absolute atomic E-state index is 11.0. The fraction of sp³-hybridized carbons (Fsp3) is 0.294. The number of aliphatic imine (C=N–C) groups is 1. The summed E-state index contributed by atoms with van der Waals surface area (Å²) in [6.07, 6.45) is 1.64. The van der Waals surface area contributed by atoms with Crippen molar-refractivity contribution in [3.05, 3.63) is 45.6 Å². The van der Waals surface area contributed by atoms with Gasteiger partial charge in [0.15, 0.2) is 0 Å². The first-order valence-corrected chi connectivity index (χ1v) is 8.34. The minimum atomic E-state index is -0.946. The van der Waals surface area contributed by atoms with E-state index in [0.29, 0.717) is 24.7 Å². The number of aromatic carboxylic acids is 1. The smallest absolute Gasteiger partial charge is 0.335 e. The molecule has 0 saturated carbocycles. The third-order valence-electron chi connectivity index (χ3n) is 3.76. The predicted octanol–water partition coefficient (Wildman–Crippen LogP) is 3.64. The number of carboxylic acids is 1. The van der Waals surface area contributed by atoms with Crippen LogP contribution in [0.5, 0.6) is 0 Å². The summed E-state index contributed by atoms with van der Waals surface area (Å²) in [5, 5.41) is 8.99. The Bertz CT molecular complexity index is 779. The average Bonchev–Trinajstić information content (AvgIpc) is 2.95. The Balaban J connectivity index is 1.78. The van der Waals surface area contributed by atoms with Gasteiger partial charge >= 0.3 is 5.97 Å². The van der Waals surface area contributed by atoms with Crippen LogP contribution in [0.3, 0.4) is 0 Å². The van der Waals surface area contributed by atoms with Crippen molar-refractivity contribution in [1.29, 1.82) is 0 Å². The maximum atomic E-state index is 11.0. The van der Waals surface area contributed by atoms with E-state index in [2.05, 4.69) is 25.8 Å². The lowest BCUT2D eigenvalue weighted by Crippen LogP contribution is -2.36. The molecule has 0 bridgehead atoms. The fourth-order valence-corrected chi connectivity index (χ4v) is 3.05. The molecule has 0 amide bonds. The number of nitrogens with zero attached hydrogens (tertiary/aromatic N) is 2. The molecule has 0 unspecified atom stereocenters. The van der Waals surface area contributed by atoms with E-state index in [4.69, 9.17) is 14.3 Å². The molecular formula is C17H17BrN2O4. The summed E-state index contributed by atoms with van der Waals surface area (Å²) in [4.78, 5) is 17.5. The van der Waals surface area contributed by atoms with Crippen molar-refractivity contribution >= 4 is 39.7 Å². The van der Waals surface area contributed by atoms with E-state index < -0.39 is 5.97 Å². The number of ether oxygens (including phenoxy) is 1. The van der Waals surface area contributed by atoms with Crippen LogP contribution in [-0.4, -0.2) is 43.6 Å². The maximum Gasteiger partial charge on any atom is 0.335 e. The van der Waals surface area contributed by atoms with Gasteiger partial charge in [0.25, 0.3) is 0 Å². The molecule has 2 heterocycles. The first-order valence-electron chi connectivity index (χ1n) is 7.54. The van der Waals surface area contributed by atoms with Gasteiger partial charge in [0.05, 0.1) is 35.2 Å². The van der Waals surface area contributed by atoms with Gasteiger partial charge < -0.3 is 19.2 Å². The lowest BCUT2D eigenvalue weighted by Gasteiger charge is -2.26. The SMILES string of the molecule is Cc1cc(C(=O)O)ccc1N=Cc1cc(Br)c(N2CCOCC2)o1. The highest BCUT2D eigenvalue weighted by Crippen LogP contribution is 2.30. The van der Waals surface area contributed by atoms with Gasteiger partial charge in [-0.05, 0) is 46.6 Å². The van der Waals surface area contributed by atoms with Crippen LogP contribution in [0.4, 0.5) is 11.6 Å². The zero-order chi connectivity index (χ0) is 17.1. The van der Waals surface area contributed by atoms with Crippen LogP contribution < -0.4 is 4.90 Å². The molecule has 0 spiro atoms. The molecule has 1 saturated heterocycles. The topological polar surface area (TPSA) is 75.3 Å². The van der Waals surface area contributed by atoms with Gasteiger partial charge in [-0.15, -0.1) is 0 Å². The Morgan fingerprint density at radius 1 is 1.33 bits per heavy atom. The third kappa shape index (κ3) is 3.68. The highest BCUT2D eigenvalue weighted by molar-refractivity contribution is 9.10. The number of hydrogen-bond acceptors (Lipinski definition) is 5. The number of furan rings is 1. The van der Waals surface area contributed by atoms with Gasteiger partial charge in [0.2, 0.25) is 5.88 Å². The molecule has 0 atom stereocenters. The van der Waals surface area contributed by atoms with E-state index in [-0.39, 0.29) is 5.56 Å². The number of anilines is 1. The molecule has 7 heteroatoms. The molecule has 1 aromatic carbocycles. The molecule has 6 nitrogen and oxygen atoms in total. The second kappa shape index (κ2) is 7.19. The van der Waals surface area contributed by atoms with E-state index in [0.717, 1.165) is 29.0 Å². The Kier molecular flexibility index (Phi) is 5.01. The highest BCUT2D eigenvalue weighted by Gasteiger charge is 2.18. The van der Waals surface area contributed by atoms with E-state index >= 15 is 0 Å². The highest BCUT2D eigenvalue weighted by atomic mass is 79.9. The first-order chi connectivity index (χ1) is 11.5. The van der Waals surface area contributed by atoms with Gasteiger partial charge in [-0.1, -0.05) is 0 Å². The number of hydrogen-bond donors (Lipinski definition) is 1. The minimum Gasteiger partial charge on any atom is -0.478 e. The van der Waals surface area contributed by atoms with Crippen LogP contribution >= 0.6 is 15.9 Å². The number of rotatable bonds is 4. The monoisotopic (exact) mass is 392 g/mol. The molecule has 1 fully saturated rings. The van der Waals surface area contributed by atoms with E-state index in [1.54, 1.807) is 24.4 Å². The largest absolute Gasteiger partial charge is 0.478 e. The summed E-state index contributed by atoms with van der Waals surface area (Å²) >= 11 is 3.52. The second-order valence-corrected chi connectivity index (χ2v) is 6.32. The molecule has 0 aliphatic carbocycles. The Hall–Kier alpha value is -2.12. The van der Waals surface area contributed by atoms with Crippen LogP contribution in [0.25, 0.3) is 0 Å². The van der Waals surface area contributed by atoms with Crippen LogP contribution in [0.2, 0.25) is 0 Å². The zero-order valence-corrected chi connectivity index (χ0v) is 14.7. The standard InChI is InChI=1S/C17H17BrN2O4/c1-11-8-12(17(21)22)2-3-15(11)19-10-13-9-14(18)16(24-13)20-4-6-23-7-5-20/h2-3,8-10H,4-7H2,1H3,(H,21,22). The second-order valence-electron chi connectivity index (χ2n) is 5.47. The van der Waals surface area contributed by atoms with Crippen molar-refractivity contribution in [2.24, 2.45) is 4.99 Å². The van der Waals surface area contributed by atoms with Crippen molar-refractivity contribution in [2.75, 3.05) is 31.2 Å². The van der Waals surface area contributed by atoms with Crippen LogP contribution in [0.15, 0.2) is 38.1 Å². The molecule has 3 rings (SSSR count). The van der Waals surface area contributed by atoms with Gasteiger partial charge in [-0.25, -0.2) is 4.79 Å². The Morgan fingerprint density at radius 2 is 2.08 bits per heavy atom. The minimum absolute atomic E-state index is 0.252. The molecule has 126 valence electrons. The van der Waals surface area contributed by atoms with Crippen molar-refractivity contribution < 1.29 is 19.1 Å². The normalized spacial score (nSPS) is 15.2. The van der Waals surface area contributed by atoms with Crippen molar-refractivity contribution in [1.82, 2.24) is 0 Å². The summed E-state index contributed by atoms with van der Waals surface area (Å²) in [6, 6.07) is 6.71. The van der Waals surface area contributed by atoms with Crippen molar-refractivity contribution in [3.8, 4) is 0 Å². The van der Waals surface area contributed by atoms with E-state index in [1.165, 1.54) is 0 Å². The van der Waals surface area contributed by atoms with E-state index in [1.807, 2.05) is 13.0 Å². The van der Waals surface area contributed by atoms with Crippen molar-refractivity contribution in [3.63, 3.8) is 0 Å². The first kappa shape index (κ1) is 16.7. The summed E-state index contributed by atoms with van der Waals surface area (Å²) in [6.45, 7) is 4.78. The van der Waals surface area contributed by atoms with Gasteiger partial charge in [-0.2, -0.15) is 0 Å². The van der Waals surface area contributed by atoms with E-state index in [9.17, 15) is 4.79 Å². The molecule has 1 N–H and O–H groups in total.